The fourth-order valence-electron chi connectivity index (χ4n) is 3.24. The Bertz CT molecular complexity index is 627. The normalized spacial score (nSPS) is 20.5. The van der Waals surface area contributed by atoms with E-state index in [9.17, 15) is 0 Å². The van der Waals surface area contributed by atoms with Crippen LogP contribution in [0.25, 0.3) is 10.8 Å². The molecule has 2 aromatic rings. The lowest BCUT2D eigenvalue weighted by molar-refractivity contribution is 0.248. The number of aromatic nitrogens is 1. The van der Waals surface area contributed by atoms with E-state index in [1.54, 1.807) is 0 Å². The Hall–Kier alpha value is -1.81. The second-order valence-electron chi connectivity index (χ2n) is 5.85. The van der Waals surface area contributed by atoms with Gasteiger partial charge in [0.25, 0.3) is 0 Å². The van der Waals surface area contributed by atoms with Gasteiger partial charge < -0.3 is 10.6 Å². The first kappa shape index (κ1) is 12.0. The molecule has 1 saturated heterocycles. The van der Waals surface area contributed by atoms with Gasteiger partial charge in [0.05, 0.1) is 0 Å². The third-order valence-corrected chi connectivity index (χ3v) is 4.55. The summed E-state index contributed by atoms with van der Waals surface area (Å²) in [5, 5.41) is 2.29. The number of rotatable bonds is 2. The van der Waals surface area contributed by atoms with E-state index in [0.717, 1.165) is 30.2 Å². The molecular formula is C16H20N4. The van der Waals surface area contributed by atoms with E-state index in [2.05, 4.69) is 20.9 Å². The molecule has 4 heteroatoms. The Morgan fingerprint density at radius 2 is 1.80 bits per heavy atom. The molecule has 4 rings (SSSR count). The lowest BCUT2D eigenvalue weighted by atomic mass is 10.1. The Kier molecular flexibility index (Phi) is 2.77. The number of piperazine rings is 1. The molecule has 0 radical (unpaired) electrons. The van der Waals surface area contributed by atoms with Crippen LogP contribution in [0.2, 0.25) is 0 Å². The fourth-order valence-corrected chi connectivity index (χ4v) is 3.24. The average molecular weight is 268 g/mol. The topological polar surface area (TPSA) is 45.4 Å². The van der Waals surface area contributed by atoms with Gasteiger partial charge in [0, 0.05) is 66.8 Å². The molecule has 4 nitrogen and oxygen atoms in total. The van der Waals surface area contributed by atoms with E-state index >= 15 is 0 Å². The standard InChI is InChI=1S/C16H20N4/c17-15-3-4-16(14-11-18-6-5-13(14)15)20-9-7-19(8-10-20)12-1-2-12/h3-6,11-12H,1-2,7-10,17H2. The van der Waals surface area contributed by atoms with Crippen molar-refractivity contribution >= 4 is 22.1 Å². The molecule has 0 unspecified atom stereocenters. The number of hydrogen-bond acceptors (Lipinski definition) is 4. The molecule has 2 heterocycles. The molecule has 1 aliphatic heterocycles. The van der Waals surface area contributed by atoms with Gasteiger partial charge in [0.15, 0.2) is 0 Å². The third kappa shape index (κ3) is 2.00. The van der Waals surface area contributed by atoms with Crippen LogP contribution >= 0.6 is 0 Å². The van der Waals surface area contributed by atoms with Gasteiger partial charge in [-0.25, -0.2) is 0 Å². The number of pyridine rings is 1. The van der Waals surface area contributed by atoms with Crippen LogP contribution in [0.4, 0.5) is 11.4 Å². The molecule has 0 bridgehead atoms. The highest BCUT2D eigenvalue weighted by Gasteiger charge is 2.31. The zero-order valence-corrected chi connectivity index (χ0v) is 11.6. The molecule has 0 spiro atoms. The quantitative estimate of drug-likeness (QED) is 0.847. The van der Waals surface area contributed by atoms with Crippen LogP contribution in [0.15, 0.2) is 30.6 Å². The first-order valence-electron chi connectivity index (χ1n) is 7.44. The van der Waals surface area contributed by atoms with Crippen LogP contribution in [-0.2, 0) is 0 Å². The molecule has 2 aliphatic rings. The zero-order chi connectivity index (χ0) is 13.5. The van der Waals surface area contributed by atoms with Gasteiger partial charge in [0.2, 0.25) is 0 Å². The lowest BCUT2D eigenvalue weighted by Crippen LogP contribution is -2.47. The third-order valence-electron chi connectivity index (χ3n) is 4.55. The van der Waals surface area contributed by atoms with E-state index in [-0.39, 0.29) is 0 Å². The number of nitrogens with zero attached hydrogens (tertiary/aromatic N) is 3. The van der Waals surface area contributed by atoms with Gasteiger partial charge in [-0.1, -0.05) is 0 Å². The van der Waals surface area contributed by atoms with Crippen LogP contribution in [-0.4, -0.2) is 42.1 Å². The molecule has 2 N–H and O–H groups in total. The van der Waals surface area contributed by atoms with Crippen molar-refractivity contribution in [2.24, 2.45) is 0 Å². The molecule has 2 fully saturated rings. The molecule has 104 valence electrons. The first-order valence-corrected chi connectivity index (χ1v) is 7.44. The number of anilines is 2. The van der Waals surface area contributed by atoms with Gasteiger partial charge in [-0.15, -0.1) is 0 Å². The van der Waals surface area contributed by atoms with Crippen molar-refractivity contribution in [3.8, 4) is 0 Å². The maximum atomic E-state index is 6.07. The summed E-state index contributed by atoms with van der Waals surface area (Å²) in [6.45, 7) is 4.56. The number of nitrogens with two attached hydrogens (primary N) is 1. The molecule has 0 amide bonds. The van der Waals surface area contributed by atoms with Crippen LogP contribution in [0, 0.1) is 0 Å². The van der Waals surface area contributed by atoms with Gasteiger partial charge >= 0.3 is 0 Å². The van der Waals surface area contributed by atoms with Gasteiger partial charge in [-0.2, -0.15) is 0 Å². The van der Waals surface area contributed by atoms with Gasteiger partial charge in [-0.3, -0.25) is 9.88 Å². The lowest BCUT2D eigenvalue weighted by Gasteiger charge is -2.36. The Labute approximate surface area is 119 Å². The summed E-state index contributed by atoms with van der Waals surface area (Å²) in [6, 6.07) is 7.05. The molecule has 0 atom stereocenters. The predicted octanol–water partition coefficient (Wildman–Crippen LogP) is 2.10. The van der Waals surface area contributed by atoms with E-state index < -0.39 is 0 Å². The summed E-state index contributed by atoms with van der Waals surface area (Å²) in [6.07, 6.45) is 6.55. The summed E-state index contributed by atoms with van der Waals surface area (Å²) in [5.41, 5.74) is 8.18. The molecule has 1 aromatic heterocycles. The Morgan fingerprint density at radius 3 is 2.55 bits per heavy atom. The minimum atomic E-state index is 0.836. The summed E-state index contributed by atoms with van der Waals surface area (Å²) < 4.78 is 0. The highest BCUT2D eigenvalue weighted by atomic mass is 15.3. The smallest absolute Gasteiger partial charge is 0.0463 e. The second-order valence-corrected chi connectivity index (χ2v) is 5.85. The van der Waals surface area contributed by atoms with Crippen molar-refractivity contribution in [1.29, 1.82) is 0 Å². The minimum absolute atomic E-state index is 0.836. The minimum Gasteiger partial charge on any atom is -0.398 e. The summed E-state index contributed by atoms with van der Waals surface area (Å²) >= 11 is 0. The average Bonchev–Trinajstić information content (AvgIpc) is 3.33. The summed E-state index contributed by atoms with van der Waals surface area (Å²) in [5.74, 6) is 0. The number of fused-ring (bicyclic) bond motifs is 1. The Balaban J connectivity index is 1.64. The number of benzene rings is 1. The Morgan fingerprint density at radius 1 is 1.00 bits per heavy atom. The number of nitrogen functional groups attached to an aromatic ring is 1. The molecule has 20 heavy (non-hydrogen) atoms. The monoisotopic (exact) mass is 268 g/mol. The van der Waals surface area contributed by atoms with Crippen LogP contribution in [0.1, 0.15) is 12.8 Å². The zero-order valence-electron chi connectivity index (χ0n) is 11.6. The van der Waals surface area contributed by atoms with Gasteiger partial charge in [-0.05, 0) is 31.0 Å². The van der Waals surface area contributed by atoms with Crippen molar-refractivity contribution in [1.82, 2.24) is 9.88 Å². The van der Waals surface area contributed by atoms with E-state index in [0.29, 0.717) is 0 Å². The first-order chi connectivity index (χ1) is 9.83. The van der Waals surface area contributed by atoms with Crippen LogP contribution in [0.5, 0.6) is 0 Å². The summed E-state index contributed by atoms with van der Waals surface area (Å²) in [4.78, 5) is 9.38. The maximum absolute atomic E-state index is 6.07. The number of hydrogen-bond donors (Lipinski definition) is 1. The largest absolute Gasteiger partial charge is 0.398 e. The SMILES string of the molecule is Nc1ccc(N2CCN(C3CC3)CC2)c2cnccc12. The van der Waals surface area contributed by atoms with Gasteiger partial charge in [0.1, 0.15) is 0 Å². The predicted molar refractivity (Wildman–Crippen MR) is 83.0 cm³/mol. The van der Waals surface area contributed by atoms with Crippen molar-refractivity contribution < 1.29 is 0 Å². The highest BCUT2D eigenvalue weighted by Crippen LogP contribution is 2.32. The summed E-state index contributed by atoms with van der Waals surface area (Å²) in [7, 11) is 0. The van der Waals surface area contributed by atoms with E-state index in [1.165, 1.54) is 37.0 Å². The molecule has 1 aromatic carbocycles. The maximum Gasteiger partial charge on any atom is 0.0463 e. The molecular weight excluding hydrogens is 248 g/mol. The molecule has 1 saturated carbocycles. The van der Waals surface area contributed by atoms with Crippen molar-refractivity contribution in [3.05, 3.63) is 30.6 Å². The van der Waals surface area contributed by atoms with E-state index in [4.69, 9.17) is 5.73 Å². The molecule has 1 aliphatic carbocycles. The van der Waals surface area contributed by atoms with Crippen LogP contribution in [0.3, 0.4) is 0 Å². The van der Waals surface area contributed by atoms with Crippen LogP contribution < -0.4 is 10.6 Å². The highest BCUT2D eigenvalue weighted by molar-refractivity contribution is 6.00. The van der Waals surface area contributed by atoms with Crippen molar-refractivity contribution in [2.45, 2.75) is 18.9 Å². The second kappa shape index (κ2) is 4.63. The fraction of sp³-hybridized carbons (Fsp3) is 0.438. The van der Waals surface area contributed by atoms with E-state index in [1.807, 2.05) is 24.5 Å². The van der Waals surface area contributed by atoms with Crippen molar-refractivity contribution in [2.75, 3.05) is 36.8 Å². The van der Waals surface area contributed by atoms with Crippen molar-refractivity contribution in [3.63, 3.8) is 0 Å².